The van der Waals surface area contributed by atoms with Crippen LogP contribution in [-0.2, 0) is 16.0 Å². The Balaban J connectivity index is 2.28. The molecule has 2 rings (SSSR count). The Kier molecular flexibility index (Phi) is 7.65. The van der Waals surface area contributed by atoms with Crippen molar-refractivity contribution in [3.63, 3.8) is 0 Å². The van der Waals surface area contributed by atoms with Gasteiger partial charge in [-0.1, -0.05) is 20.8 Å². The first-order valence-corrected chi connectivity index (χ1v) is 10.7. The van der Waals surface area contributed by atoms with Crippen molar-refractivity contribution in [3.8, 4) is 5.75 Å². The third kappa shape index (κ3) is 5.59. The van der Waals surface area contributed by atoms with Crippen molar-refractivity contribution in [2.45, 2.75) is 32.4 Å². The predicted octanol–water partition coefficient (Wildman–Crippen LogP) is 4.03. The van der Waals surface area contributed by atoms with Gasteiger partial charge >= 0.3 is 5.97 Å². The Morgan fingerprint density at radius 3 is 2.36 bits per heavy atom. The van der Waals surface area contributed by atoms with Crippen LogP contribution in [-0.4, -0.2) is 38.9 Å². The lowest BCUT2D eigenvalue weighted by molar-refractivity contribution is -0.133. The van der Waals surface area contributed by atoms with Gasteiger partial charge in [-0.15, -0.1) is 23.1 Å². The van der Waals surface area contributed by atoms with E-state index in [0.29, 0.717) is 16.1 Å². The Morgan fingerprint density at radius 1 is 1.18 bits per heavy atom. The largest absolute Gasteiger partial charge is 0.508 e. The molecule has 8 heteroatoms. The molecule has 6 nitrogen and oxygen atoms in total. The monoisotopic (exact) mass is 421 g/mol. The first-order valence-electron chi connectivity index (χ1n) is 8.83. The number of aryl methyl sites for hydroxylation is 1. The van der Waals surface area contributed by atoms with Crippen LogP contribution in [0.25, 0.3) is 0 Å². The van der Waals surface area contributed by atoms with E-state index >= 15 is 0 Å². The molecular weight excluding hydrogens is 398 g/mol. The summed E-state index contributed by atoms with van der Waals surface area (Å²) < 4.78 is 0. The number of ketones is 1. The second-order valence-corrected chi connectivity index (χ2v) is 8.81. The van der Waals surface area contributed by atoms with Gasteiger partial charge in [0.25, 0.3) is 0 Å². The number of carbonyl (C=O) groups excluding carboxylic acids is 2. The van der Waals surface area contributed by atoms with Crippen molar-refractivity contribution in [3.05, 3.63) is 46.3 Å². The van der Waals surface area contributed by atoms with Crippen molar-refractivity contribution in [1.82, 2.24) is 0 Å². The summed E-state index contributed by atoms with van der Waals surface area (Å²) in [6.45, 7) is 5.67. The molecule has 28 heavy (non-hydrogen) atoms. The maximum absolute atomic E-state index is 12.9. The first-order chi connectivity index (χ1) is 13.2. The van der Waals surface area contributed by atoms with Crippen LogP contribution < -0.4 is 5.32 Å². The molecule has 2 aromatic rings. The Labute approximate surface area is 172 Å². The van der Waals surface area contributed by atoms with E-state index in [1.54, 1.807) is 6.07 Å². The lowest BCUT2D eigenvalue weighted by Crippen LogP contribution is -2.30. The van der Waals surface area contributed by atoms with E-state index < -0.39 is 11.2 Å². The van der Waals surface area contributed by atoms with Crippen LogP contribution >= 0.6 is 23.1 Å². The molecule has 0 aliphatic heterocycles. The summed E-state index contributed by atoms with van der Waals surface area (Å²) in [5.74, 6) is -1.70. The van der Waals surface area contributed by atoms with Crippen molar-refractivity contribution >= 4 is 45.8 Å². The molecule has 1 aromatic heterocycles. The molecule has 3 N–H and O–H groups in total. The maximum atomic E-state index is 12.9. The fourth-order valence-corrected chi connectivity index (χ4v) is 4.47. The first kappa shape index (κ1) is 22.0. The van der Waals surface area contributed by atoms with Crippen LogP contribution in [0.15, 0.2) is 30.3 Å². The third-order valence-electron chi connectivity index (χ3n) is 3.99. The van der Waals surface area contributed by atoms with E-state index in [0.717, 1.165) is 23.1 Å². The SMILES string of the molecule is CCc1cc(C(=O)c2ccc(O)cc2)c(NC(=O)C(SCC(=O)O)C(C)C)s1. The van der Waals surface area contributed by atoms with E-state index in [2.05, 4.69) is 5.32 Å². The van der Waals surface area contributed by atoms with Gasteiger partial charge in [0.05, 0.1) is 16.6 Å². The minimum Gasteiger partial charge on any atom is -0.508 e. The van der Waals surface area contributed by atoms with Crippen molar-refractivity contribution in [2.24, 2.45) is 5.92 Å². The van der Waals surface area contributed by atoms with Gasteiger partial charge in [-0.3, -0.25) is 14.4 Å². The topological polar surface area (TPSA) is 104 Å². The number of aliphatic carboxylic acids is 1. The molecule has 0 aliphatic rings. The number of anilines is 1. The van der Waals surface area contributed by atoms with Crippen LogP contribution in [0.2, 0.25) is 0 Å². The summed E-state index contributed by atoms with van der Waals surface area (Å²) in [7, 11) is 0. The number of carboxylic acid groups (broad SMARTS) is 1. The van der Waals surface area contributed by atoms with E-state index in [1.165, 1.54) is 35.6 Å². The number of hydrogen-bond donors (Lipinski definition) is 3. The second-order valence-electron chi connectivity index (χ2n) is 6.54. The molecular formula is C20H23NO5S2. The van der Waals surface area contributed by atoms with Crippen molar-refractivity contribution < 1.29 is 24.6 Å². The zero-order valence-corrected chi connectivity index (χ0v) is 17.5. The van der Waals surface area contributed by atoms with Crippen LogP contribution in [0.3, 0.4) is 0 Å². The van der Waals surface area contributed by atoms with Crippen molar-refractivity contribution in [1.29, 1.82) is 0 Å². The highest BCUT2D eigenvalue weighted by Gasteiger charge is 2.26. The van der Waals surface area contributed by atoms with Gasteiger partial charge in [0.2, 0.25) is 5.91 Å². The number of carboxylic acids is 1. The third-order valence-corrected chi connectivity index (χ3v) is 6.72. The minimum absolute atomic E-state index is 0.0637. The number of nitrogens with one attached hydrogen (secondary N) is 1. The van der Waals surface area contributed by atoms with Crippen LogP contribution in [0.4, 0.5) is 5.00 Å². The van der Waals surface area contributed by atoms with E-state index in [1.807, 2.05) is 20.8 Å². The number of amides is 1. The zero-order valence-electron chi connectivity index (χ0n) is 15.9. The quantitative estimate of drug-likeness (QED) is 0.528. The Morgan fingerprint density at radius 2 is 1.82 bits per heavy atom. The molecule has 0 saturated heterocycles. The molecule has 150 valence electrons. The molecule has 1 unspecified atom stereocenters. The molecule has 0 fully saturated rings. The average Bonchev–Trinajstić information content (AvgIpc) is 3.04. The maximum Gasteiger partial charge on any atom is 0.313 e. The summed E-state index contributed by atoms with van der Waals surface area (Å²) in [5, 5.41) is 21.1. The standard InChI is InChI=1S/C20H23NO5S2/c1-4-14-9-15(17(25)12-5-7-13(22)8-6-12)20(28-14)21-19(26)18(11(2)3)27-10-16(23)24/h5-9,11,18,22H,4,10H2,1-3H3,(H,21,26)(H,23,24). The van der Waals surface area contributed by atoms with Gasteiger partial charge in [-0.25, -0.2) is 0 Å². The normalized spacial score (nSPS) is 12.0. The Bertz CT molecular complexity index is 858. The molecule has 1 amide bonds. The molecule has 1 atom stereocenters. The molecule has 0 aliphatic carbocycles. The summed E-state index contributed by atoms with van der Waals surface area (Å²) in [5.41, 5.74) is 0.807. The van der Waals surface area contributed by atoms with Gasteiger partial charge < -0.3 is 15.5 Å². The van der Waals surface area contributed by atoms with Gasteiger partial charge in [0, 0.05) is 10.4 Å². The van der Waals surface area contributed by atoms with Gasteiger partial charge in [0.15, 0.2) is 5.78 Å². The van der Waals surface area contributed by atoms with E-state index in [-0.39, 0.29) is 29.1 Å². The number of aromatic hydroxyl groups is 1. The molecule has 1 heterocycles. The number of rotatable bonds is 9. The molecule has 0 saturated carbocycles. The number of thioether (sulfide) groups is 1. The average molecular weight is 422 g/mol. The molecule has 0 radical (unpaired) electrons. The number of phenolic OH excluding ortho intramolecular Hbond substituents is 1. The number of phenols is 1. The summed E-state index contributed by atoms with van der Waals surface area (Å²) in [6, 6.07) is 7.72. The van der Waals surface area contributed by atoms with Crippen LogP contribution in [0, 0.1) is 5.92 Å². The zero-order chi connectivity index (χ0) is 20.8. The number of thiophene rings is 1. The number of carbonyl (C=O) groups is 3. The molecule has 1 aromatic carbocycles. The highest BCUT2D eigenvalue weighted by Crippen LogP contribution is 2.32. The number of hydrogen-bond acceptors (Lipinski definition) is 6. The highest BCUT2D eigenvalue weighted by molar-refractivity contribution is 8.01. The summed E-state index contributed by atoms with van der Waals surface area (Å²) >= 11 is 2.41. The minimum atomic E-state index is -0.976. The molecule has 0 spiro atoms. The lowest BCUT2D eigenvalue weighted by atomic mass is 10.0. The van der Waals surface area contributed by atoms with E-state index in [9.17, 15) is 19.5 Å². The predicted molar refractivity (Wildman–Crippen MR) is 113 cm³/mol. The molecule has 0 bridgehead atoms. The van der Waals surface area contributed by atoms with Gasteiger partial charge in [-0.2, -0.15) is 0 Å². The van der Waals surface area contributed by atoms with Crippen LogP contribution in [0.1, 0.15) is 41.6 Å². The highest BCUT2D eigenvalue weighted by atomic mass is 32.2. The smallest absolute Gasteiger partial charge is 0.313 e. The van der Waals surface area contributed by atoms with Crippen LogP contribution in [0.5, 0.6) is 5.75 Å². The summed E-state index contributed by atoms with van der Waals surface area (Å²) in [4.78, 5) is 37.5. The lowest BCUT2D eigenvalue weighted by Gasteiger charge is -2.19. The fraction of sp³-hybridized carbons (Fsp3) is 0.350. The van der Waals surface area contributed by atoms with Gasteiger partial charge in [0.1, 0.15) is 10.8 Å². The number of benzene rings is 1. The van der Waals surface area contributed by atoms with Crippen molar-refractivity contribution in [2.75, 3.05) is 11.1 Å². The summed E-state index contributed by atoms with van der Waals surface area (Å²) in [6.07, 6.45) is 0.720. The van der Waals surface area contributed by atoms with Gasteiger partial charge in [-0.05, 0) is 42.7 Å². The Hall–Kier alpha value is -2.32. The van der Waals surface area contributed by atoms with E-state index in [4.69, 9.17) is 5.11 Å². The fourth-order valence-electron chi connectivity index (χ4n) is 2.56. The second kappa shape index (κ2) is 9.75.